The molecule has 1 aromatic rings. The van der Waals surface area contributed by atoms with Crippen LogP contribution in [0.5, 0.6) is 0 Å². The molecule has 1 aliphatic heterocycles. The third-order valence-electron chi connectivity index (χ3n) is 3.31. The van der Waals surface area contributed by atoms with Crippen LogP contribution in [0.4, 0.5) is 4.39 Å². The zero-order valence-electron chi connectivity index (χ0n) is 11.9. The molecule has 1 aliphatic rings. The lowest BCUT2D eigenvalue weighted by molar-refractivity contribution is -0.0640. The molecule has 0 amide bonds. The Morgan fingerprint density at radius 2 is 2.14 bits per heavy atom. The van der Waals surface area contributed by atoms with Gasteiger partial charge in [0.2, 0.25) is 10.0 Å². The molecule has 2 rings (SSSR count). The first kappa shape index (κ1) is 16.6. The first-order valence-electron chi connectivity index (χ1n) is 6.49. The van der Waals surface area contributed by atoms with Crippen molar-refractivity contribution >= 4 is 21.6 Å². The Hall–Kier alpha value is -0.730. The molecule has 5 nitrogen and oxygen atoms in total. The Labute approximate surface area is 128 Å². The molecule has 1 heterocycles. The van der Waals surface area contributed by atoms with Crippen molar-refractivity contribution in [2.24, 2.45) is 5.73 Å². The van der Waals surface area contributed by atoms with Crippen molar-refractivity contribution in [1.82, 2.24) is 4.31 Å². The molecule has 1 aromatic carbocycles. The van der Waals surface area contributed by atoms with Crippen LogP contribution in [0.1, 0.15) is 19.4 Å². The number of nitrogens with two attached hydrogens (primary N) is 1. The first-order chi connectivity index (χ1) is 9.67. The first-order valence-corrected chi connectivity index (χ1v) is 8.31. The summed E-state index contributed by atoms with van der Waals surface area (Å²) in [5.41, 5.74) is 4.89. The van der Waals surface area contributed by atoms with E-state index in [1.54, 1.807) is 13.8 Å². The topological polar surface area (TPSA) is 72.6 Å². The number of ether oxygens (including phenoxy) is 1. The van der Waals surface area contributed by atoms with Gasteiger partial charge in [0.1, 0.15) is 10.7 Å². The highest BCUT2D eigenvalue weighted by molar-refractivity contribution is 7.89. The molecular weight excluding hydrogens is 319 g/mol. The van der Waals surface area contributed by atoms with Gasteiger partial charge in [-0.3, -0.25) is 0 Å². The van der Waals surface area contributed by atoms with Crippen molar-refractivity contribution in [2.75, 3.05) is 19.7 Å². The second-order valence-electron chi connectivity index (χ2n) is 5.53. The highest BCUT2D eigenvalue weighted by Gasteiger charge is 2.36. The van der Waals surface area contributed by atoms with Gasteiger partial charge in [0.25, 0.3) is 0 Å². The highest BCUT2D eigenvalue weighted by atomic mass is 35.5. The molecule has 0 atom stereocenters. The van der Waals surface area contributed by atoms with Crippen LogP contribution in [-0.2, 0) is 21.3 Å². The van der Waals surface area contributed by atoms with Gasteiger partial charge in [0.05, 0.1) is 12.2 Å². The third-order valence-corrected chi connectivity index (χ3v) is 5.37. The average molecular weight is 337 g/mol. The predicted molar refractivity (Wildman–Crippen MR) is 78.1 cm³/mol. The van der Waals surface area contributed by atoms with Crippen molar-refractivity contribution in [3.63, 3.8) is 0 Å². The van der Waals surface area contributed by atoms with E-state index in [0.29, 0.717) is 0 Å². The summed E-state index contributed by atoms with van der Waals surface area (Å²) in [7, 11) is -3.98. The Morgan fingerprint density at radius 3 is 2.71 bits per heavy atom. The fourth-order valence-corrected chi connectivity index (χ4v) is 4.28. The van der Waals surface area contributed by atoms with E-state index in [4.69, 9.17) is 22.1 Å². The molecule has 21 heavy (non-hydrogen) atoms. The number of nitrogens with zero attached hydrogens (tertiary/aromatic N) is 1. The summed E-state index contributed by atoms with van der Waals surface area (Å²) in [5.74, 6) is -0.841. The second-order valence-corrected chi connectivity index (χ2v) is 7.87. The van der Waals surface area contributed by atoms with Gasteiger partial charge in [-0.25, -0.2) is 12.8 Å². The number of halogens is 2. The SMILES string of the molecule is CC1(C)CN(S(=O)(=O)c2cc(Cl)cc(CN)c2F)CCO1. The van der Waals surface area contributed by atoms with Crippen LogP contribution in [0.25, 0.3) is 0 Å². The van der Waals surface area contributed by atoms with Crippen LogP contribution in [0, 0.1) is 5.82 Å². The largest absolute Gasteiger partial charge is 0.373 e. The number of hydrogen-bond acceptors (Lipinski definition) is 4. The molecule has 1 fully saturated rings. The molecule has 2 N–H and O–H groups in total. The lowest BCUT2D eigenvalue weighted by Gasteiger charge is -2.37. The molecule has 0 aromatic heterocycles. The van der Waals surface area contributed by atoms with Gasteiger partial charge in [-0.2, -0.15) is 4.31 Å². The number of sulfonamides is 1. The zero-order chi connectivity index (χ0) is 15.8. The fraction of sp³-hybridized carbons (Fsp3) is 0.538. The quantitative estimate of drug-likeness (QED) is 0.912. The summed E-state index contributed by atoms with van der Waals surface area (Å²) >= 11 is 5.87. The number of rotatable bonds is 3. The highest BCUT2D eigenvalue weighted by Crippen LogP contribution is 2.28. The van der Waals surface area contributed by atoms with Crippen molar-refractivity contribution in [3.05, 3.63) is 28.5 Å². The molecular formula is C13H18ClFN2O3S. The molecule has 8 heteroatoms. The molecule has 0 bridgehead atoms. The van der Waals surface area contributed by atoms with E-state index in [9.17, 15) is 12.8 Å². The number of hydrogen-bond donors (Lipinski definition) is 1. The van der Waals surface area contributed by atoms with Gasteiger partial charge in [0, 0.05) is 30.2 Å². The molecule has 0 spiro atoms. The van der Waals surface area contributed by atoms with Crippen LogP contribution in [0.2, 0.25) is 5.02 Å². The van der Waals surface area contributed by atoms with Crippen molar-refractivity contribution < 1.29 is 17.5 Å². The van der Waals surface area contributed by atoms with Crippen molar-refractivity contribution in [2.45, 2.75) is 30.9 Å². The summed E-state index contributed by atoms with van der Waals surface area (Å²) in [6, 6.07) is 2.45. The monoisotopic (exact) mass is 336 g/mol. The van der Waals surface area contributed by atoms with Crippen molar-refractivity contribution in [1.29, 1.82) is 0 Å². The van der Waals surface area contributed by atoms with E-state index in [1.807, 2.05) is 0 Å². The molecule has 1 saturated heterocycles. The zero-order valence-corrected chi connectivity index (χ0v) is 13.5. The van der Waals surface area contributed by atoms with E-state index in [1.165, 1.54) is 10.4 Å². The molecule has 0 unspecified atom stereocenters. The maximum atomic E-state index is 14.3. The Kier molecular flexibility index (Phi) is 4.60. The van der Waals surface area contributed by atoms with E-state index in [2.05, 4.69) is 0 Å². The van der Waals surface area contributed by atoms with Gasteiger partial charge in [-0.15, -0.1) is 0 Å². The Morgan fingerprint density at radius 1 is 1.48 bits per heavy atom. The van der Waals surface area contributed by atoms with Crippen LogP contribution in [0.15, 0.2) is 17.0 Å². The molecule has 0 saturated carbocycles. The second kappa shape index (κ2) is 5.81. The van der Waals surface area contributed by atoms with Crippen LogP contribution >= 0.6 is 11.6 Å². The van der Waals surface area contributed by atoms with Crippen LogP contribution in [-0.4, -0.2) is 38.0 Å². The predicted octanol–water partition coefficient (Wildman–Crippen LogP) is 1.74. The average Bonchev–Trinajstić information content (AvgIpc) is 2.39. The van der Waals surface area contributed by atoms with Gasteiger partial charge in [-0.1, -0.05) is 11.6 Å². The number of benzene rings is 1. The normalized spacial score (nSPS) is 19.7. The summed E-state index contributed by atoms with van der Waals surface area (Å²) in [5, 5.41) is 0.142. The van der Waals surface area contributed by atoms with E-state index >= 15 is 0 Å². The summed E-state index contributed by atoms with van der Waals surface area (Å²) < 4.78 is 46.3. The third kappa shape index (κ3) is 3.37. The molecule has 0 aliphatic carbocycles. The van der Waals surface area contributed by atoms with Crippen LogP contribution < -0.4 is 5.73 Å². The maximum absolute atomic E-state index is 14.3. The Bertz CT molecular complexity index is 649. The lowest BCUT2D eigenvalue weighted by Crippen LogP contribution is -2.50. The number of morpholine rings is 1. The summed E-state index contributed by atoms with van der Waals surface area (Å²) in [4.78, 5) is -0.437. The fourth-order valence-electron chi connectivity index (χ4n) is 2.27. The summed E-state index contributed by atoms with van der Waals surface area (Å²) in [6.07, 6.45) is 0. The lowest BCUT2D eigenvalue weighted by atomic mass is 10.1. The Balaban J connectivity index is 2.47. The minimum absolute atomic E-state index is 0.0774. The summed E-state index contributed by atoms with van der Waals surface area (Å²) in [6.45, 7) is 4.04. The van der Waals surface area contributed by atoms with Crippen LogP contribution in [0.3, 0.4) is 0 Å². The minimum Gasteiger partial charge on any atom is -0.373 e. The molecule has 0 radical (unpaired) electrons. The maximum Gasteiger partial charge on any atom is 0.246 e. The van der Waals surface area contributed by atoms with E-state index in [-0.39, 0.29) is 36.8 Å². The minimum atomic E-state index is -3.98. The van der Waals surface area contributed by atoms with Gasteiger partial charge < -0.3 is 10.5 Å². The van der Waals surface area contributed by atoms with E-state index < -0.39 is 26.3 Å². The van der Waals surface area contributed by atoms with Gasteiger partial charge in [0.15, 0.2) is 0 Å². The van der Waals surface area contributed by atoms with E-state index in [0.717, 1.165) is 6.07 Å². The molecule has 118 valence electrons. The van der Waals surface area contributed by atoms with Gasteiger partial charge >= 0.3 is 0 Å². The van der Waals surface area contributed by atoms with Gasteiger partial charge in [-0.05, 0) is 26.0 Å². The van der Waals surface area contributed by atoms with Crippen molar-refractivity contribution in [3.8, 4) is 0 Å². The standard InChI is InChI=1S/C13H18ClFN2O3S/c1-13(2)8-17(3-4-20-13)21(18,19)11-6-10(14)5-9(7-16)12(11)15/h5-6H,3-4,7-8,16H2,1-2H3. The smallest absolute Gasteiger partial charge is 0.246 e.